The molecule has 2 aromatic heterocycles. The predicted octanol–water partition coefficient (Wildman–Crippen LogP) is 5.32. The average Bonchev–Trinajstić information content (AvgIpc) is 3.48. The van der Waals surface area contributed by atoms with Gasteiger partial charge >= 0.3 is 5.97 Å². The number of carbonyl (C=O) groups is 1. The molecule has 0 aliphatic heterocycles. The fourth-order valence-electron chi connectivity index (χ4n) is 4.81. The highest BCUT2D eigenvalue weighted by Gasteiger charge is 2.18. The lowest BCUT2D eigenvalue weighted by atomic mass is 9.97. The molecule has 0 saturated heterocycles. The zero-order valence-electron chi connectivity index (χ0n) is 25.5. The van der Waals surface area contributed by atoms with Crippen LogP contribution in [0.4, 0.5) is 5.69 Å². The summed E-state index contributed by atoms with van der Waals surface area (Å²) >= 11 is 0. The molecule has 5 rings (SSSR count). The number of nitrogens with zero attached hydrogens (tertiary/aromatic N) is 3. The van der Waals surface area contributed by atoms with Gasteiger partial charge in [-0.1, -0.05) is 35.5 Å². The Balaban J connectivity index is 1.46. The molecule has 0 amide bonds. The van der Waals surface area contributed by atoms with E-state index in [4.69, 9.17) is 14.2 Å². The van der Waals surface area contributed by atoms with Gasteiger partial charge in [0.05, 0.1) is 19.3 Å². The van der Waals surface area contributed by atoms with Crippen molar-refractivity contribution in [2.45, 2.75) is 46.1 Å². The summed E-state index contributed by atoms with van der Waals surface area (Å²) in [6.07, 6.45) is 1.57. The van der Waals surface area contributed by atoms with Crippen LogP contribution in [0, 0.1) is 0 Å². The fraction of sp³-hybridized carbons (Fsp3) is 0.303. The largest absolute Gasteiger partial charge is 0.497 e. The van der Waals surface area contributed by atoms with Crippen molar-refractivity contribution in [2.24, 2.45) is 0 Å². The van der Waals surface area contributed by atoms with Crippen LogP contribution in [0.25, 0.3) is 33.7 Å². The Morgan fingerprint density at radius 1 is 0.977 bits per heavy atom. The van der Waals surface area contributed by atoms with Crippen molar-refractivity contribution >= 4 is 22.8 Å². The molecule has 44 heavy (non-hydrogen) atoms. The maximum absolute atomic E-state index is 12.6. The molecule has 0 fully saturated rings. The summed E-state index contributed by atoms with van der Waals surface area (Å²) in [6.45, 7) is 7.89. The summed E-state index contributed by atoms with van der Waals surface area (Å²) < 4.78 is 16.8. The third-order valence-electron chi connectivity index (χ3n) is 6.87. The second-order valence-corrected chi connectivity index (χ2v) is 11.2. The molecular weight excluding hydrogens is 560 g/mol. The van der Waals surface area contributed by atoms with E-state index in [0.717, 1.165) is 41.0 Å². The SMILES string of the molecule is CCOc1cc(-c2ccc(CCc3ccc(OC)cc3)c(NCC(=O)OC(C)(C)C)c2)ccc1-c1nc2[nH]nnc2c(=O)[nH]1. The Hall–Kier alpha value is -5.19. The number of methoxy groups -OCH3 is 1. The number of rotatable bonds is 11. The molecule has 0 radical (unpaired) electrons. The fourth-order valence-corrected chi connectivity index (χ4v) is 4.81. The summed E-state index contributed by atoms with van der Waals surface area (Å²) in [5, 5.41) is 13.4. The molecule has 0 unspecified atom stereocenters. The second kappa shape index (κ2) is 13.0. The monoisotopic (exact) mass is 596 g/mol. The third kappa shape index (κ3) is 7.23. The summed E-state index contributed by atoms with van der Waals surface area (Å²) in [5.74, 6) is 1.39. The van der Waals surface area contributed by atoms with Gasteiger partial charge in [0.15, 0.2) is 11.2 Å². The Kier molecular flexibility index (Phi) is 8.94. The molecule has 3 aromatic carbocycles. The lowest BCUT2D eigenvalue weighted by Gasteiger charge is -2.20. The summed E-state index contributed by atoms with van der Waals surface area (Å²) in [7, 11) is 1.65. The van der Waals surface area contributed by atoms with E-state index in [-0.39, 0.29) is 18.0 Å². The highest BCUT2D eigenvalue weighted by molar-refractivity contribution is 5.80. The highest BCUT2D eigenvalue weighted by Crippen LogP contribution is 2.34. The van der Waals surface area contributed by atoms with E-state index in [2.05, 4.69) is 55.0 Å². The number of carbonyl (C=O) groups excluding carboxylic acids is 1. The normalized spacial score (nSPS) is 11.4. The number of nitrogens with one attached hydrogen (secondary N) is 3. The third-order valence-corrected chi connectivity index (χ3v) is 6.87. The summed E-state index contributed by atoms with van der Waals surface area (Å²) in [6, 6.07) is 19.9. The van der Waals surface area contributed by atoms with Crippen LogP contribution in [0.15, 0.2) is 65.5 Å². The lowest BCUT2D eigenvalue weighted by Crippen LogP contribution is -2.28. The van der Waals surface area contributed by atoms with Gasteiger partial charge in [-0.3, -0.25) is 9.59 Å². The highest BCUT2D eigenvalue weighted by atomic mass is 16.6. The molecule has 0 aliphatic carbocycles. The Bertz CT molecular complexity index is 1820. The maximum atomic E-state index is 12.6. The van der Waals surface area contributed by atoms with Gasteiger partial charge in [0.1, 0.15) is 29.5 Å². The van der Waals surface area contributed by atoms with Gasteiger partial charge in [0, 0.05) is 5.69 Å². The number of H-pyrrole nitrogens is 2. The molecule has 5 aromatic rings. The minimum atomic E-state index is -0.577. The van der Waals surface area contributed by atoms with Crippen molar-refractivity contribution in [3.63, 3.8) is 0 Å². The van der Waals surface area contributed by atoms with Crippen molar-refractivity contribution in [3.05, 3.63) is 82.1 Å². The quantitative estimate of drug-likeness (QED) is 0.173. The first-order valence-electron chi connectivity index (χ1n) is 14.4. The van der Waals surface area contributed by atoms with E-state index in [9.17, 15) is 9.59 Å². The number of hydrogen-bond acceptors (Lipinski definition) is 9. The first-order chi connectivity index (χ1) is 21.1. The van der Waals surface area contributed by atoms with Crippen LogP contribution < -0.4 is 20.3 Å². The molecule has 0 aliphatic rings. The number of aromatic amines is 2. The van der Waals surface area contributed by atoms with E-state index in [0.29, 0.717) is 29.4 Å². The molecule has 0 saturated carbocycles. The van der Waals surface area contributed by atoms with Gasteiger partial charge in [-0.2, -0.15) is 0 Å². The van der Waals surface area contributed by atoms with Crippen LogP contribution in [0.5, 0.6) is 11.5 Å². The van der Waals surface area contributed by atoms with E-state index >= 15 is 0 Å². The minimum Gasteiger partial charge on any atom is -0.497 e. The number of ether oxygens (including phenoxy) is 3. The number of hydrogen-bond donors (Lipinski definition) is 3. The van der Waals surface area contributed by atoms with E-state index in [1.165, 1.54) is 5.56 Å². The summed E-state index contributed by atoms with van der Waals surface area (Å²) in [5.41, 5.74) is 5.00. The van der Waals surface area contributed by atoms with Crippen molar-refractivity contribution in [2.75, 3.05) is 25.6 Å². The number of anilines is 1. The molecule has 0 spiro atoms. The van der Waals surface area contributed by atoms with Crippen LogP contribution in [0.2, 0.25) is 0 Å². The zero-order valence-corrected chi connectivity index (χ0v) is 25.5. The topological polar surface area (TPSA) is 144 Å². The maximum Gasteiger partial charge on any atom is 0.325 e. The van der Waals surface area contributed by atoms with Crippen molar-refractivity contribution in [1.82, 2.24) is 25.4 Å². The Labute approximate surface area is 255 Å². The molecule has 3 N–H and O–H groups in total. The molecule has 11 nitrogen and oxygen atoms in total. The molecule has 0 bridgehead atoms. The lowest BCUT2D eigenvalue weighted by molar-refractivity contribution is -0.152. The average molecular weight is 597 g/mol. The van der Waals surface area contributed by atoms with Gasteiger partial charge in [-0.15, -0.1) is 5.10 Å². The molecular formula is C33H36N6O5. The summed E-state index contributed by atoms with van der Waals surface area (Å²) in [4.78, 5) is 32.3. The van der Waals surface area contributed by atoms with Gasteiger partial charge in [0.2, 0.25) is 0 Å². The number of benzene rings is 3. The van der Waals surface area contributed by atoms with Crippen LogP contribution in [-0.4, -0.2) is 57.2 Å². The molecule has 2 heterocycles. The smallest absolute Gasteiger partial charge is 0.325 e. The van der Waals surface area contributed by atoms with Gasteiger partial charge in [-0.25, -0.2) is 10.1 Å². The first-order valence-corrected chi connectivity index (χ1v) is 14.4. The van der Waals surface area contributed by atoms with Crippen LogP contribution in [0.3, 0.4) is 0 Å². The standard InChI is InChI=1S/C33H36N6O5/c1-6-43-27-18-23(13-16-25(27)30-35-31-29(32(41)36-30)37-39-38-31)22-12-11-21(10-7-20-8-14-24(42-5)15-9-20)26(17-22)34-19-28(40)44-33(2,3)4/h8-9,11-18,34H,6-7,10,19H2,1-5H3,(H2,35,36,37,38,39,41). The number of aromatic nitrogens is 5. The van der Waals surface area contributed by atoms with E-state index in [1.807, 2.05) is 64.1 Å². The van der Waals surface area contributed by atoms with Crippen LogP contribution in [-0.2, 0) is 22.4 Å². The van der Waals surface area contributed by atoms with Gasteiger partial charge < -0.3 is 24.5 Å². The molecule has 0 atom stereocenters. The minimum absolute atomic E-state index is 0.0311. The predicted molar refractivity (Wildman–Crippen MR) is 169 cm³/mol. The number of esters is 1. The zero-order chi connectivity index (χ0) is 31.3. The first kappa shape index (κ1) is 30.3. The number of aryl methyl sites for hydroxylation is 2. The second-order valence-electron chi connectivity index (χ2n) is 11.2. The van der Waals surface area contributed by atoms with Gasteiger partial charge in [-0.05, 0) is 93.1 Å². The van der Waals surface area contributed by atoms with Crippen LogP contribution >= 0.6 is 0 Å². The van der Waals surface area contributed by atoms with Crippen molar-refractivity contribution < 1.29 is 19.0 Å². The Morgan fingerprint density at radius 2 is 1.73 bits per heavy atom. The molecule has 11 heteroatoms. The van der Waals surface area contributed by atoms with Crippen LogP contribution in [0.1, 0.15) is 38.8 Å². The van der Waals surface area contributed by atoms with Crippen molar-refractivity contribution in [3.8, 4) is 34.0 Å². The van der Waals surface area contributed by atoms with E-state index < -0.39 is 11.2 Å². The van der Waals surface area contributed by atoms with E-state index in [1.54, 1.807) is 7.11 Å². The van der Waals surface area contributed by atoms with Gasteiger partial charge in [0.25, 0.3) is 5.56 Å². The molecule has 228 valence electrons. The van der Waals surface area contributed by atoms with Crippen molar-refractivity contribution in [1.29, 1.82) is 0 Å². The number of fused-ring (bicyclic) bond motifs is 1. The Morgan fingerprint density at radius 3 is 2.45 bits per heavy atom.